The molecule has 0 N–H and O–H groups in total. The van der Waals surface area contributed by atoms with Crippen LogP contribution >= 0.6 is 11.6 Å². The number of hydrogen-bond acceptors (Lipinski definition) is 3. The number of hydrogen-bond donors (Lipinski definition) is 0. The molecule has 5 heteroatoms. The number of rotatable bonds is 1. The number of nitrogens with zero attached hydrogens (tertiary/aromatic N) is 2. The summed E-state index contributed by atoms with van der Waals surface area (Å²) in [6, 6.07) is 0. The van der Waals surface area contributed by atoms with Gasteiger partial charge in [0.1, 0.15) is 0 Å². The van der Waals surface area contributed by atoms with Gasteiger partial charge in [-0.15, -0.1) is 0 Å². The van der Waals surface area contributed by atoms with Gasteiger partial charge >= 0.3 is 5.70 Å². The molecule has 0 amide bonds. The molecule has 0 unspecified atom stereocenters. The van der Waals surface area contributed by atoms with E-state index in [9.17, 15) is 10.1 Å². The third-order valence-electron chi connectivity index (χ3n) is 1.15. The molecule has 1 aliphatic rings. The van der Waals surface area contributed by atoms with Crippen molar-refractivity contribution in [3.8, 4) is 0 Å². The highest BCUT2D eigenvalue weighted by Crippen LogP contribution is 2.09. The maximum atomic E-state index is 10.3. The number of nitro groups is 1. The fourth-order valence-electron chi connectivity index (χ4n) is 0.659. The number of aliphatic imine (C=N–C) groups is 1. The molecule has 0 fully saturated rings. The van der Waals surface area contributed by atoms with Crippen molar-refractivity contribution in [1.29, 1.82) is 0 Å². The maximum Gasteiger partial charge on any atom is 0.302 e. The lowest BCUT2D eigenvalue weighted by Crippen LogP contribution is -2.04. The Labute approximate surface area is 68.0 Å². The SMILES string of the molecule is O=[N+]([O-])C1=CCC=CN=C1Cl. The van der Waals surface area contributed by atoms with E-state index in [1.54, 1.807) is 6.08 Å². The van der Waals surface area contributed by atoms with Crippen LogP contribution in [-0.2, 0) is 0 Å². The summed E-state index contributed by atoms with van der Waals surface area (Å²) < 4.78 is 0. The lowest BCUT2D eigenvalue weighted by atomic mass is 10.3. The summed E-state index contributed by atoms with van der Waals surface area (Å²) in [5, 5.41) is 10.2. The molecule has 0 saturated heterocycles. The third kappa shape index (κ3) is 1.88. The molecular weight excluding hydrogens is 168 g/mol. The summed E-state index contributed by atoms with van der Waals surface area (Å²) in [7, 11) is 0. The van der Waals surface area contributed by atoms with Gasteiger partial charge < -0.3 is 0 Å². The quantitative estimate of drug-likeness (QED) is 0.447. The molecule has 0 radical (unpaired) electrons. The van der Waals surface area contributed by atoms with Gasteiger partial charge in [0.15, 0.2) is 0 Å². The number of halogens is 1. The van der Waals surface area contributed by atoms with Crippen molar-refractivity contribution in [1.82, 2.24) is 0 Å². The molecule has 0 aromatic heterocycles. The highest BCUT2D eigenvalue weighted by molar-refractivity contribution is 6.69. The Morgan fingerprint density at radius 2 is 2.45 bits per heavy atom. The van der Waals surface area contributed by atoms with E-state index in [0.29, 0.717) is 6.42 Å². The first-order valence-electron chi connectivity index (χ1n) is 2.95. The van der Waals surface area contributed by atoms with Gasteiger partial charge in [0, 0.05) is 12.3 Å². The second-order valence-corrected chi connectivity index (χ2v) is 2.24. The van der Waals surface area contributed by atoms with E-state index in [1.165, 1.54) is 12.3 Å². The van der Waals surface area contributed by atoms with Gasteiger partial charge in [-0.05, 0) is 6.42 Å². The lowest BCUT2D eigenvalue weighted by molar-refractivity contribution is -0.414. The van der Waals surface area contributed by atoms with E-state index in [2.05, 4.69) is 4.99 Å². The van der Waals surface area contributed by atoms with Crippen LogP contribution in [0.3, 0.4) is 0 Å². The van der Waals surface area contributed by atoms with E-state index in [1.807, 2.05) is 0 Å². The Kier molecular flexibility index (Phi) is 2.38. The van der Waals surface area contributed by atoms with Crippen molar-refractivity contribution in [3.05, 3.63) is 34.2 Å². The van der Waals surface area contributed by atoms with Crippen LogP contribution in [-0.4, -0.2) is 10.1 Å². The average molecular weight is 173 g/mol. The molecule has 1 aliphatic heterocycles. The standard InChI is InChI=1S/C6H5ClN2O2/c7-6-5(9(10)11)3-1-2-4-8-6/h2-4H,1H2. The highest BCUT2D eigenvalue weighted by atomic mass is 35.5. The Balaban J connectivity index is 2.95. The zero-order chi connectivity index (χ0) is 8.27. The molecule has 0 aromatic rings. The first-order chi connectivity index (χ1) is 5.22. The van der Waals surface area contributed by atoms with Crippen molar-refractivity contribution in [2.45, 2.75) is 6.42 Å². The largest absolute Gasteiger partial charge is 0.302 e. The molecule has 1 heterocycles. The van der Waals surface area contributed by atoms with Crippen molar-refractivity contribution in [2.75, 3.05) is 0 Å². The second-order valence-electron chi connectivity index (χ2n) is 1.89. The number of allylic oxidation sites excluding steroid dienone is 3. The van der Waals surface area contributed by atoms with Gasteiger partial charge in [0.2, 0.25) is 5.17 Å². The van der Waals surface area contributed by atoms with Crippen LogP contribution in [0.2, 0.25) is 0 Å². The van der Waals surface area contributed by atoms with Crippen LogP contribution in [0.25, 0.3) is 0 Å². The van der Waals surface area contributed by atoms with Crippen LogP contribution in [0.4, 0.5) is 0 Å². The first-order valence-corrected chi connectivity index (χ1v) is 3.33. The van der Waals surface area contributed by atoms with E-state index >= 15 is 0 Å². The molecule has 4 nitrogen and oxygen atoms in total. The maximum absolute atomic E-state index is 10.3. The third-order valence-corrected chi connectivity index (χ3v) is 1.44. The average Bonchev–Trinajstić information content (AvgIpc) is 2.13. The Morgan fingerprint density at radius 1 is 1.73 bits per heavy atom. The van der Waals surface area contributed by atoms with Gasteiger partial charge in [-0.3, -0.25) is 10.1 Å². The van der Waals surface area contributed by atoms with Crippen molar-refractivity contribution in [2.24, 2.45) is 4.99 Å². The smallest absolute Gasteiger partial charge is 0.258 e. The predicted molar refractivity (Wildman–Crippen MR) is 42.1 cm³/mol. The highest BCUT2D eigenvalue weighted by Gasteiger charge is 2.16. The van der Waals surface area contributed by atoms with Gasteiger partial charge in [0.25, 0.3) is 0 Å². The molecule has 0 atom stereocenters. The Bertz CT molecular complexity index is 268. The van der Waals surface area contributed by atoms with E-state index in [4.69, 9.17) is 11.6 Å². The predicted octanol–water partition coefficient (Wildman–Crippen LogP) is 1.70. The summed E-state index contributed by atoms with van der Waals surface area (Å²) in [5.74, 6) is 0. The fourth-order valence-corrected chi connectivity index (χ4v) is 0.861. The normalized spacial score (nSPS) is 16.8. The van der Waals surface area contributed by atoms with E-state index in [-0.39, 0.29) is 10.9 Å². The summed E-state index contributed by atoms with van der Waals surface area (Å²) in [6.07, 6.45) is 5.07. The molecule has 0 spiro atoms. The van der Waals surface area contributed by atoms with Gasteiger partial charge in [0.05, 0.1) is 4.92 Å². The monoisotopic (exact) mass is 172 g/mol. The Morgan fingerprint density at radius 3 is 3.09 bits per heavy atom. The second kappa shape index (κ2) is 3.30. The first kappa shape index (κ1) is 7.94. The van der Waals surface area contributed by atoms with Gasteiger partial charge in [-0.2, -0.15) is 0 Å². The molecule has 0 aromatic carbocycles. The molecule has 0 bridgehead atoms. The topological polar surface area (TPSA) is 55.5 Å². The minimum absolute atomic E-state index is 0.0660. The summed E-state index contributed by atoms with van der Waals surface area (Å²) in [4.78, 5) is 13.3. The molecule has 11 heavy (non-hydrogen) atoms. The summed E-state index contributed by atoms with van der Waals surface area (Å²) >= 11 is 5.47. The molecular formula is C6H5ClN2O2. The summed E-state index contributed by atoms with van der Waals surface area (Å²) in [6.45, 7) is 0. The van der Waals surface area contributed by atoms with Crippen LogP contribution in [0.1, 0.15) is 6.42 Å². The van der Waals surface area contributed by atoms with E-state index < -0.39 is 4.92 Å². The molecule has 0 saturated carbocycles. The van der Waals surface area contributed by atoms with Crippen molar-refractivity contribution >= 4 is 16.8 Å². The molecule has 0 aliphatic carbocycles. The van der Waals surface area contributed by atoms with Crippen molar-refractivity contribution in [3.63, 3.8) is 0 Å². The van der Waals surface area contributed by atoms with Gasteiger partial charge in [-0.25, -0.2) is 4.99 Å². The van der Waals surface area contributed by atoms with Crippen LogP contribution in [0.15, 0.2) is 29.0 Å². The zero-order valence-corrected chi connectivity index (χ0v) is 6.28. The minimum atomic E-state index is -0.543. The van der Waals surface area contributed by atoms with E-state index in [0.717, 1.165) is 0 Å². The van der Waals surface area contributed by atoms with Crippen LogP contribution in [0.5, 0.6) is 0 Å². The minimum Gasteiger partial charge on any atom is -0.258 e. The lowest BCUT2D eigenvalue weighted by Gasteiger charge is -1.90. The van der Waals surface area contributed by atoms with Gasteiger partial charge in [-0.1, -0.05) is 17.7 Å². The van der Waals surface area contributed by atoms with Crippen LogP contribution in [0, 0.1) is 10.1 Å². The Hall–Kier alpha value is -1.16. The summed E-state index contributed by atoms with van der Waals surface area (Å²) in [5.41, 5.74) is -0.128. The molecule has 58 valence electrons. The molecule has 1 rings (SSSR count). The van der Waals surface area contributed by atoms with Crippen LogP contribution < -0.4 is 0 Å². The zero-order valence-electron chi connectivity index (χ0n) is 5.53. The van der Waals surface area contributed by atoms with Crippen molar-refractivity contribution < 1.29 is 4.92 Å². The fraction of sp³-hybridized carbons (Fsp3) is 0.167.